The van der Waals surface area contributed by atoms with Crippen LogP contribution in [0.15, 0.2) is 37.3 Å². The van der Waals surface area contributed by atoms with Gasteiger partial charge in [0.2, 0.25) is 5.95 Å². The average molecular weight is 286 g/mol. The number of pyridine rings is 1. The lowest BCUT2D eigenvalue weighted by atomic mass is 10.1. The first-order valence-electron chi connectivity index (χ1n) is 5.98. The molecule has 3 aromatic rings. The number of fused-ring (bicyclic) bond motifs is 1. The Morgan fingerprint density at radius 2 is 2.05 bits per heavy atom. The van der Waals surface area contributed by atoms with Gasteiger partial charge in [0.15, 0.2) is 0 Å². The van der Waals surface area contributed by atoms with Crippen LogP contribution in [0, 0.1) is 0 Å². The molecule has 0 saturated carbocycles. The van der Waals surface area contributed by atoms with Crippen LogP contribution in [0.25, 0.3) is 28.0 Å². The Bertz CT molecular complexity index is 822. The topological polar surface area (TPSA) is 69.6 Å². The van der Waals surface area contributed by atoms with Crippen LogP contribution < -0.4 is 5.73 Å². The quantitative estimate of drug-likeness (QED) is 0.785. The number of anilines is 1. The predicted octanol–water partition coefficient (Wildman–Crippen LogP) is 3.22. The Morgan fingerprint density at radius 3 is 2.75 bits per heavy atom. The Balaban J connectivity index is 2.39. The van der Waals surface area contributed by atoms with Crippen molar-refractivity contribution < 1.29 is 0 Å². The van der Waals surface area contributed by atoms with Crippen molar-refractivity contribution in [2.45, 2.75) is 6.92 Å². The van der Waals surface area contributed by atoms with E-state index in [1.807, 2.05) is 17.7 Å². The van der Waals surface area contributed by atoms with Crippen molar-refractivity contribution in [2.24, 2.45) is 0 Å². The molecule has 0 atom stereocenters. The molecule has 0 bridgehead atoms. The van der Waals surface area contributed by atoms with Gasteiger partial charge in [-0.1, -0.05) is 18.2 Å². The highest BCUT2D eigenvalue weighted by atomic mass is 35.5. The molecule has 0 saturated heterocycles. The van der Waals surface area contributed by atoms with E-state index in [0.29, 0.717) is 10.7 Å². The molecular weight excluding hydrogens is 274 g/mol. The molecule has 0 aliphatic rings. The molecule has 100 valence electrons. The summed E-state index contributed by atoms with van der Waals surface area (Å²) in [5.74, 6) is 0.221. The van der Waals surface area contributed by atoms with Gasteiger partial charge >= 0.3 is 0 Å². The van der Waals surface area contributed by atoms with E-state index in [0.717, 1.165) is 22.3 Å². The molecule has 0 fully saturated rings. The summed E-state index contributed by atoms with van der Waals surface area (Å²) in [6.07, 6.45) is 5.20. The highest BCUT2D eigenvalue weighted by Gasteiger charge is 2.15. The largest absolute Gasteiger partial charge is 0.368 e. The van der Waals surface area contributed by atoms with Gasteiger partial charge in [-0.25, -0.2) is 15.0 Å². The van der Waals surface area contributed by atoms with Gasteiger partial charge in [0.25, 0.3) is 0 Å². The van der Waals surface area contributed by atoms with E-state index in [9.17, 15) is 0 Å². The van der Waals surface area contributed by atoms with Gasteiger partial charge in [0.05, 0.1) is 10.7 Å². The van der Waals surface area contributed by atoms with Crippen molar-refractivity contribution in [2.75, 3.05) is 5.73 Å². The first kappa shape index (κ1) is 12.6. The lowest BCUT2D eigenvalue weighted by molar-refractivity contribution is 1.11. The van der Waals surface area contributed by atoms with Crippen LogP contribution in [-0.4, -0.2) is 19.5 Å². The SMILES string of the molecule is C=C(C)n1cc(-c2ccnc(N)n2)c2c(Cl)ccnc21. The zero-order valence-corrected chi connectivity index (χ0v) is 11.6. The number of nitrogens with zero attached hydrogens (tertiary/aromatic N) is 4. The minimum Gasteiger partial charge on any atom is -0.368 e. The van der Waals surface area contributed by atoms with Gasteiger partial charge in [0, 0.05) is 35.2 Å². The molecule has 0 aliphatic carbocycles. The number of hydrogen-bond donors (Lipinski definition) is 1. The summed E-state index contributed by atoms with van der Waals surface area (Å²) < 4.78 is 1.88. The molecule has 0 unspecified atom stereocenters. The van der Waals surface area contributed by atoms with Crippen LogP contribution in [-0.2, 0) is 0 Å². The monoisotopic (exact) mass is 285 g/mol. The maximum absolute atomic E-state index is 6.31. The van der Waals surface area contributed by atoms with Crippen molar-refractivity contribution in [3.63, 3.8) is 0 Å². The molecule has 0 spiro atoms. The number of nitrogen functional groups attached to an aromatic ring is 1. The Hall–Kier alpha value is -2.40. The van der Waals surface area contributed by atoms with Crippen molar-refractivity contribution in [3.05, 3.63) is 42.3 Å². The number of hydrogen-bond acceptors (Lipinski definition) is 4. The van der Waals surface area contributed by atoms with E-state index in [1.54, 1.807) is 24.5 Å². The fourth-order valence-corrected chi connectivity index (χ4v) is 2.37. The van der Waals surface area contributed by atoms with Crippen molar-refractivity contribution >= 4 is 34.3 Å². The third kappa shape index (κ3) is 1.92. The lowest BCUT2D eigenvalue weighted by Gasteiger charge is -2.01. The van der Waals surface area contributed by atoms with Gasteiger partial charge < -0.3 is 10.3 Å². The first-order chi connectivity index (χ1) is 9.58. The molecule has 3 rings (SSSR count). The highest BCUT2D eigenvalue weighted by Crippen LogP contribution is 2.34. The van der Waals surface area contributed by atoms with Gasteiger partial charge in [-0.05, 0) is 19.1 Å². The summed E-state index contributed by atoms with van der Waals surface area (Å²) >= 11 is 6.31. The summed E-state index contributed by atoms with van der Waals surface area (Å²) in [4.78, 5) is 12.5. The van der Waals surface area contributed by atoms with Gasteiger partial charge in [-0.3, -0.25) is 0 Å². The molecule has 0 amide bonds. The number of rotatable bonds is 2. The lowest BCUT2D eigenvalue weighted by Crippen LogP contribution is -1.94. The minimum atomic E-state index is 0.221. The normalized spacial score (nSPS) is 10.9. The predicted molar refractivity (Wildman–Crippen MR) is 81.2 cm³/mol. The second-order valence-corrected chi connectivity index (χ2v) is 4.85. The fraction of sp³-hybridized carbons (Fsp3) is 0.0714. The van der Waals surface area contributed by atoms with Crippen LogP contribution in [0.1, 0.15) is 6.92 Å². The third-order valence-corrected chi connectivity index (χ3v) is 3.31. The molecule has 3 aromatic heterocycles. The standard InChI is InChI=1S/C14H12ClN5/c1-8(2)20-7-9(11-4-6-18-14(16)19-11)12-10(15)3-5-17-13(12)20/h3-7H,1H2,2H3,(H2,16,18,19). The molecule has 0 aromatic carbocycles. The molecule has 3 heterocycles. The van der Waals surface area contributed by atoms with Crippen molar-refractivity contribution in [3.8, 4) is 11.3 Å². The zero-order chi connectivity index (χ0) is 14.3. The van der Waals surface area contributed by atoms with E-state index < -0.39 is 0 Å². The average Bonchev–Trinajstić information content (AvgIpc) is 2.80. The van der Waals surface area contributed by atoms with E-state index in [-0.39, 0.29) is 5.95 Å². The van der Waals surface area contributed by atoms with E-state index >= 15 is 0 Å². The van der Waals surface area contributed by atoms with Crippen molar-refractivity contribution in [1.29, 1.82) is 0 Å². The van der Waals surface area contributed by atoms with Crippen molar-refractivity contribution in [1.82, 2.24) is 19.5 Å². The minimum absolute atomic E-state index is 0.221. The Kier molecular flexibility index (Phi) is 2.91. The van der Waals surface area contributed by atoms with Gasteiger partial charge in [0.1, 0.15) is 5.65 Å². The van der Waals surface area contributed by atoms with E-state index in [2.05, 4.69) is 21.5 Å². The fourth-order valence-electron chi connectivity index (χ4n) is 2.12. The summed E-state index contributed by atoms with van der Waals surface area (Å²) in [6.45, 7) is 5.86. The number of allylic oxidation sites excluding steroid dienone is 1. The van der Waals surface area contributed by atoms with E-state index in [4.69, 9.17) is 17.3 Å². The molecule has 2 N–H and O–H groups in total. The summed E-state index contributed by atoms with van der Waals surface area (Å²) in [5, 5.41) is 1.44. The summed E-state index contributed by atoms with van der Waals surface area (Å²) in [5.41, 5.74) is 8.80. The zero-order valence-electron chi connectivity index (χ0n) is 10.8. The molecular formula is C14H12ClN5. The van der Waals surface area contributed by atoms with Crippen LogP contribution in [0.2, 0.25) is 5.02 Å². The molecule has 0 aliphatic heterocycles. The number of nitrogens with two attached hydrogens (primary N) is 1. The second-order valence-electron chi connectivity index (χ2n) is 4.44. The molecule has 6 heteroatoms. The number of aromatic nitrogens is 4. The molecule has 0 radical (unpaired) electrons. The summed E-state index contributed by atoms with van der Waals surface area (Å²) in [7, 11) is 0. The Morgan fingerprint density at radius 1 is 1.30 bits per heavy atom. The van der Waals surface area contributed by atoms with Crippen LogP contribution in [0.3, 0.4) is 0 Å². The maximum atomic E-state index is 6.31. The third-order valence-electron chi connectivity index (χ3n) is 3.00. The Labute approximate surface area is 120 Å². The first-order valence-corrected chi connectivity index (χ1v) is 6.36. The van der Waals surface area contributed by atoms with Crippen LogP contribution >= 0.6 is 11.6 Å². The van der Waals surface area contributed by atoms with Crippen LogP contribution in [0.4, 0.5) is 5.95 Å². The molecule has 5 nitrogen and oxygen atoms in total. The van der Waals surface area contributed by atoms with Crippen LogP contribution in [0.5, 0.6) is 0 Å². The number of halogens is 1. The van der Waals surface area contributed by atoms with Gasteiger partial charge in [-0.15, -0.1) is 0 Å². The summed E-state index contributed by atoms with van der Waals surface area (Å²) in [6, 6.07) is 3.54. The smallest absolute Gasteiger partial charge is 0.220 e. The second kappa shape index (κ2) is 4.61. The highest BCUT2D eigenvalue weighted by molar-refractivity contribution is 6.36. The molecule has 20 heavy (non-hydrogen) atoms. The van der Waals surface area contributed by atoms with Gasteiger partial charge in [-0.2, -0.15) is 0 Å². The maximum Gasteiger partial charge on any atom is 0.220 e. The van der Waals surface area contributed by atoms with E-state index in [1.165, 1.54) is 0 Å².